The van der Waals surface area contributed by atoms with Crippen molar-refractivity contribution >= 4 is 23.1 Å². The summed E-state index contributed by atoms with van der Waals surface area (Å²) < 4.78 is 6.99. The Morgan fingerprint density at radius 3 is 2.25 bits per heavy atom. The lowest BCUT2D eigenvalue weighted by molar-refractivity contribution is 0.282. The van der Waals surface area contributed by atoms with E-state index in [1.807, 2.05) is 0 Å². The number of hydrogen-bond acceptors (Lipinski definition) is 1. The highest BCUT2D eigenvalue weighted by Gasteiger charge is 2.41. The summed E-state index contributed by atoms with van der Waals surface area (Å²) in [6.07, 6.45) is 36.7. The lowest BCUT2D eigenvalue weighted by Crippen LogP contribution is -2.29. The van der Waals surface area contributed by atoms with Gasteiger partial charge in [0.05, 0.1) is 0 Å². The fourth-order valence-electron chi connectivity index (χ4n) is 10.9. The Labute approximate surface area is 325 Å². The molecule has 0 bridgehead atoms. The molecule has 4 aromatic carbocycles. The number of furan rings is 1. The summed E-state index contributed by atoms with van der Waals surface area (Å²) in [5.41, 5.74) is 15.1. The molecule has 1 fully saturated rings. The van der Waals surface area contributed by atoms with E-state index in [0.717, 1.165) is 30.6 Å². The molecule has 1 nitrogen and oxygen atoms in total. The summed E-state index contributed by atoms with van der Waals surface area (Å²) in [7, 11) is 0. The molecule has 1 heterocycles. The Hall–Kier alpha value is -5.66. The van der Waals surface area contributed by atoms with Gasteiger partial charge in [-0.05, 0) is 94.9 Å². The van der Waals surface area contributed by atoms with Crippen LogP contribution in [0.4, 0.5) is 0 Å². The molecule has 0 spiro atoms. The average Bonchev–Trinajstić information content (AvgIpc) is 3.65. The smallest absolute Gasteiger partial charge is 0.142 e. The minimum atomic E-state index is 0.272. The van der Waals surface area contributed by atoms with E-state index in [1.54, 1.807) is 11.1 Å². The molecule has 6 aliphatic carbocycles. The second-order valence-corrected chi connectivity index (χ2v) is 16.7. The number of hydrogen-bond donors (Lipinski definition) is 0. The van der Waals surface area contributed by atoms with Crippen LogP contribution in [0.2, 0.25) is 0 Å². The summed E-state index contributed by atoms with van der Waals surface area (Å²) in [5, 5.41) is 1.25. The number of para-hydroxylation sites is 1. The topological polar surface area (TPSA) is 13.1 Å². The van der Waals surface area contributed by atoms with Crippen molar-refractivity contribution in [2.75, 3.05) is 0 Å². The van der Waals surface area contributed by atoms with Gasteiger partial charge < -0.3 is 4.42 Å². The van der Waals surface area contributed by atoms with Crippen LogP contribution in [0.3, 0.4) is 0 Å². The minimum absolute atomic E-state index is 0.272. The molecule has 0 N–H and O–H groups in total. The lowest BCUT2D eigenvalue weighted by atomic mass is 9.62. The van der Waals surface area contributed by atoms with Crippen molar-refractivity contribution in [1.29, 1.82) is 0 Å². The molecule has 11 rings (SSSR count). The maximum Gasteiger partial charge on any atom is 0.142 e. The third-order valence-corrected chi connectivity index (χ3v) is 13.6. The first-order valence-electron chi connectivity index (χ1n) is 20.5. The zero-order valence-corrected chi connectivity index (χ0v) is 31.2. The number of benzene rings is 4. The van der Waals surface area contributed by atoms with Crippen LogP contribution in [0.15, 0.2) is 185 Å². The van der Waals surface area contributed by atoms with Crippen molar-refractivity contribution in [3.63, 3.8) is 0 Å². The summed E-state index contributed by atoms with van der Waals surface area (Å²) in [5.74, 6) is 4.07. The van der Waals surface area contributed by atoms with Gasteiger partial charge in [-0.25, -0.2) is 0 Å². The van der Waals surface area contributed by atoms with Crippen LogP contribution >= 0.6 is 0 Å². The minimum Gasteiger partial charge on any atom is -0.456 e. The van der Waals surface area contributed by atoms with Crippen LogP contribution in [0.5, 0.6) is 0 Å². The van der Waals surface area contributed by atoms with E-state index in [0.29, 0.717) is 35.5 Å². The highest BCUT2D eigenvalue weighted by atomic mass is 16.3. The van der Waals surface area contributed by atoms with Crippen molar-refractivity contribution in [1.82, 2.24) is 0 Å². The van der Waals surface area contributed by atoms with Gasteiger partial charge in [0, 0.05) is 40.2 Å². The standard InChI is InChI=1S/C54H46O/c1-3-12-35(13-4-1)39-24-25-41-30-43(27-26-40(41)29-39)45-31-44(42-23-22-36-14-7-8-17-38(36)28-42)32-46(33-45)51-34-52-53(49-19-10-9-18-48(49)51)50-21-11-20-47(54(50)55-52)37-15-5-2-6-16-37/h1-21,23-28,30,34,36,39,44-46,48-49H,22,29,31-33H2. The Kier molecular flexibility index (Phi) is 8.08. The molecule has 0 radical (unpaired) electrons. The second kappa shape index (κ2) is 13.6. The van der Waals surface area contributed by atoms with E-state index in [-0.39, 0.29) is 5.92 Å². The molecule has 7 atom stereocenters. The van der Waals surface area contributed by atoms with Gasteiger partial charge in [0.25, 0.3) is 0 Å². The van der Waals surface area contributed by atoms with Gasteiger partial charge in [0.1, 0.15) is 11.3 Å². The molecule has 55 heavy (non-hydrogen) atoms. The van der Waals surface area contributed by atoms with Crippen molar-refractivity contribution in [3.05, 3.63) is 214 Å². The molecule has 0 saturated heterocycles. The molecule has 268 valence electrons. The number of rotatable bonds is 5. The van der Waals surface area contributed by atoms with E-state index in [4.69, 9.17) is 4.42 Å². The lowest BCUT2D eigenvalue weighted by Gasteiger charge is -2.42. The van der Waals surface area contributed by atoms with Crippen LogP contribution < -0.4 is 0 Å². The van der Waals surface area contributed by atoms with E-state index in [9.17, 15) is 0 Å². The highest BCUT2D eigenvalue weighted by molar-refractivity contribution is 5.97. The van der Waals surface area contributed by atoms with Gasteiger partial charge in [-0.15, -0.1) is 0 Å². The molecule has 7 unspecified atom stereocenters. The van der Waals surface area contributed by atoms with E-state index in [1.165, 1.54) is 62.7 Å². The van der Waals surface area contributed by atoms with Crippen LogP contribution in [0.1, 0.15) is 77.0 Å². The molecule has 1 heteroatoms. The Bertz CT molecular complexity index is 2540. The third kappa shape index (κ3) is 5.84. The molecule has 1 saturated carbocycles. The second-order valence-electron chi connectivity index (χ2n) is 16.7. The monoisotopic (exact) mass is 710 g/mol. The summed E-state index contributed by atoms with van der Waals surface area (Å²) in [6.45, 7) is 0. The average molecular weight is 711 g/mol. The first-order chi connectivity index (χ1) is 27.2. The Morgan fingerprint density at radius 1 is 0.564 bits per heavy atom. The van der Waals surface area contributed by atoms with Gasteiger partial charge in [0.2, 0.25) is 0 Å². The van der Waals surface area contributed by atoms with E-state index < -0.39 is 0 Å². The van der Waals surface area contributed by atoms with Crippen LogP contribution in [-0.4, -0.2) is 0 Å². The summed E-state index contributed by atoms with van der Waals surface area (Å²) >= 11 is 0. The van der Waals surface area contributed by atoms with Gasteiger partial charge in [-0.3, -0.25) is 0 Å². The molecule has 6 aliphatic rings. The largest absolute Gasteiger partial charge is 0.456 e. The molecular formula is C54H46O. The molecule has 0 amide bonds. The number of allylic oxidation sites excluding steroid dienone is 14. The van der Waals surface area contributed by atoms with Crippen molar-refractivity contribution in [2.24, 2.45) is 23.7 Å². The van der Waals surface area contributed by atoms with Gasteiger partial charge in [-0.1, -0.05) is 176 Å². The van der Waals surface area contributed by atoms with Crippen LogP contribution in [-0.2, 0) is 6.42 Å². The van der Waals surface area contributed by atoms with E-state index in [2.05, 4.69) is 176 Å². The summed E-state index contributed by atoms with van der Waals surface area (Å²) in [6, 6.07) is 35.9. The fourth-order valence-corrected chi connectivity index (χ4v) is 10.9. The molecular weight excluding hydrogens is 665 g/mol. The van der Waals surface area contributed by atoms with Crippen LogP contribution in [0.25, 0.3) is 34.2 Å². The van der Waals surface area contributed by atoms with Crippen LogP contribution in [0, 0.1) is 23.7 Å². The van der Waals surface area contributed by atoms with Gasteiger partial charge >= 0.3 is 0 Å². The zero-order valence-electron chi connectivity index (χ0n) is 31.2. The Balaban J connectivity index is 0.984. The van der Waals surface area contributed by atoms with E-state index >= 15 is 0 Å². The quantitative estimate of drug-likeness (QED) is 0.177. The highest BCUT2D eigenvalue weighted by Crippen LogP contribution is 2.54. The predicted molar refractivity (Wildman–Crippen MR) is 229 cm³/mol. The zero-order chi connectivity index (χ0) is 36.3. The predicted octanol–water partition coefficient (Wildman–Crippen LogP) is 13.9. The van der Waals surface area contributed by atoms with Gasteiger partial charge in [-0.2, -0.15) is 0 Å². The van der Waals surface area contributed by atoms with Crippen molar-refractivity contribution in [2.45, 2.75) is 49.9 Å². The molecule has 5 aromatic rings. The first-order valence-corrected chi connectivity index (χ1v) is 20.5. The number of fused-ring (bicyclic) bond motifs is 7. The van der Waals surface area contributed by atoms with Gasteiger partial charge in [0.15, 0.2) is 0 Å². The summed E-state index contributed by atoms with van der Waals surface area (Å²) in [4.78, 5) is 0. The molecule has 0 aliphatic heterocycles. The first kappa shape index (κ1) is 32.7. The third-order valence-electron chi connectivity index (χ3n) is 13.6. The van der Waals surface area contributed by atoms with Crippen molar-refractivity contribution < 1.29 is 4.42 Å². The maximum atomic E-state index is 6.99. The SMILES string of the molecule is C1=CC2=CC(C3CC(C4=Cc5oc6c(-c7ccccc7)cccc6c5C5C=CC=CC45)CC(c4ccc5c(c4)C=CC(c4ccccc4)C5)C3)=CCC2C=C1. The Morgan fingerprint density at radius 2 is 1.36 bits per heavy atom. The fraction of sp³-hybridized carbons (Fsp3) is 0.222. The maximum absolute atomic E-state index is 6.99. The van der Waals surface area contributed by atoms with Crippen molar-refractivity contribution in [3.8, 4) is 11.1 Å². The molecule has 1 aromatic heterocycles. The normalized spacial score (nSPS) is 27.4.